The van der Waals surface area contributed by atoms with Gasteiger partial charge in [-0.1, -0.05) is 31.5 Å². The van der Waals surface area contributed by atoms with Crippen molar-refractivity contribution >= 4 is 23.3 Å². The molecule has 0 aliphatic heterocycles. The van der Waals surface area contributed by atoms with Gasteiger partial charge in [0.15, 0.2) is 0 Å². The number of ether oxygens (including phenoxy) is 1. The molecular weight excluding hydrogens is 276 g/mol. The number of carbonyl (C=O) groups is 1. The van der Waals surface area contributed by atoms with Gasteiger partial charge in [0.05, 0.1) is 0 Å². The van der Waals surface area contributed by atoms with Crippen molar-refractivity contribution in [2.75, 3.05) is 25.1 Å². The fraction of sp³-hybridized carbons (Fsp3) is 0.533. The Bertz CT molecular complexity index is 436. The highest BCUT2D eigenvalue weighted by Crippen LogP contribution is 2.19. The van der Waals surface area contributed by atoms with E-state index in [9.17, 15) is 4.79 Å². The fourth-order valence-corrected chi connectivity index (χ4v) is 1.72. The minimum absolute atomic E-state index is 0.228. The van der Waals surface area contributed by atoms with Crippen LogP contribution < -0.4 is 10.6 Å². The average molecular weight is 299 g/mol. The zero-order valence-corrected chi connectivity index (χ0v) is 13.1. The number of anilines is 1. The van der Waals surface area contributed by atoms with Crippen molar-refractivity contribution in [1.29, 1.82) is 0 Å². The molecule has 5 heteroatoms. The summed E-state index contributed by atoms with van der Waals surface area (Å²) in [5.74, 6) is 0.539. The second-order valence-corrected chi connectivity index (χ2v) is 5.57. The van der Waals surface area contributed by atoms with E-state index in [-0.39, 0.29) is 6.03 Å². The molecule has 0 radical (unpaired) electrons. The number of rotatable bonds is 7. The van der Waals surface area contributed by atoms with E-state index < -0.39 is 0 Å². The zero-order valence-electron chi connectivity index (χ0n) is 12.3. The van der Waals surface area contributed by atoms with Crippen molar-refractivity contribution < 1.29 is 9.53 Å². The van der Waals surface area contributed by atoms with Crippen LogP contribution in [0.3, 0.4) is 0 Å². The highest BCUT2D eigenvalue weighted by Gasteiger charge is 2.03. The quantitative estimate of drug-likeness (QED) is 0.752. The minimum Gasteiger partial charge on any atom is -0.381 e. The van der Waals surface area contributed by atoms with Gasteiger partial charge in [0.25, 0.3) is 0 Å². The van der Waals surface area contributed by atoms with Crippen LogP contribution in [0.5, 0.6) is 0 Å². The van der Waals surface area contributed by atoms with Gasteiger partial charge in [0.2, 0.25) is 0 Å². The molecule has 0 saturated carbocycles. The SMILES string of the molecule is Cc1ccc(NC(=O)NCCCOCC(C)C)cc1Cl. The van der Waals surface area contributed by atoms with Gasteiger partial charge in [0.1, 0.15) is 0 Å². The summed E-state index contributed by atoms with van der Waals surface area (Å²) in [4.78, 5) is 11.6. The molecule has 1 aromatic carbocycles. The summed E-state index contributed by atoms with van der Waals surface area (Å²) in [6.07, 6.45) is 0.800. The van der Waals surface area contributed by atoms with E-state index in [2.05, 4.69) is 24.5 Å². The van der Waals surface area contributed by atoms with Crippen molar-refractivity contribution in [2.45, 2.75) is 27.2 Å². The molecule has 0 aliphatic carbocycles. The van der Waals surface area contributed by atoms with Crippen LogP contribution in [0, 0.1) is 12.8 Å². The smallest absolute Gasteiger partial charge is 0.319 e. The molecule has 0 atom stereocenters. The van der Waals surface area contributed by atoms with E-state index in [1.54, 1.807) is 6.07 Å². The Morgan fingerprint density at radius 3 is 2.80 bits per heavy atom. The maximum absolute atomic E-state index is 11.6. The summed E-state index contributed by atoms with van der Waals surface area (Å²) < 4.78 is 5.43. The molecule has 20 heavy (non-hydrogen) atoms. The molecule has 0 unspecified atom stereocenters. The maximum atomic E-state index is 11.6. The lowest BCUT2D eigenvalue weighted by Crippen LogP contribution is -2.30. The Morgan fingerprint density at radius 2 is 2.15 bits per heavy atom. The molecule has 0 fully saturated rings. The second kappa shape index (κ2) is 8.82. The van der Waals surface area contributed by atoms with Gasteiger partial charge < -0.3 is 15.4 Å². The number of amides is 2. The largest absolute Gasteiger partial charge is 0.381 e. The van der Waals surface area contributed by atoms with Gasteiger partial charge in [-0.25, -0.2) is 4.79 Å². The first-order valence-corrected chi connectivity index (χ1v) is 7.25. The molecule has 0 saturated heterocycles. The third-order valence-corrected chi connectivity index (χ3v) is 3.04. The van der Waals surface area contributed by atoms with Gasteiger partial charge in [0, 0.05) is 30.5 Å². The zero-order chi connectivity index (χ0) is 15.0. The summed E-state index contributed by atoms with van der Waals surface area (Å²) >= 11 is 6.00. The summed E-state index contributed by atoms with van der Waals surface area (Å²) in [6.45, 7) is 8.15. The van der Waals surface area contributed by atoms with Crippen LogP contribution in [-0.4, -0.2) is 25.8 Å². The third-order valence-electron chi connectivity index (χ3n) is 2.63. The van der Waals surface area contributed by atoms with Gasteiger partial charge >= 0.3 is 6.03 Å². The standard InChI is InChI=1S/C15H23ClN2O2/c1-11(2)10-20-8-4-7-17-15(19)18-13-6-5-12(3)14(16)9-13/h5-6,9,11H,4,7-8,10H2,1-3H3,(H2,17,18,19). The van der Waals surface area contributed by atoms with Crippen LogP contribution in [0.4, 0.5) is 10.5 Å². The van der Waals surface area contributed by atoms with E-state index >= 15 is 0 Å². The summed E-state index contributed by atoms with van der Waals surface area (Å²) in [6, 6.07) is 5.21. The van der Waals surface area contributed by atoms with Crippen LogP contribution in [0.25, 0.3) is 0 Å². The molecule has 0 aromatic heterocycles. The predicted molar refractivity (Wildman–Crippen MR) is 83.5 cm³/mol. The molecule has 0 heterocycles. The normalized spacial score (nSPS) is 10.7. The Hall–Kier alpha value is -1.26. The first-order valence-electron chi connectivity index (χ1n) is 6.87. The number of hydrogen-bond acceptors (Lipinski definition) is 2. The van der Waals surface area contributed by atoms with E-state index in [1.165, 1.54) is 0 Å². The molecule has 2 amide bonds. The molecule has 0 bridgehead atoms. The lowest BCUT2D eigenvalue weighted by molar-refractivity contribution is 0.108. The van der Waals surface area contributed by atoms with E-state index in [1.807, 2.05) is 19.1 Å². The van der Waals surface area contributed by atoms with Gasteiger partial charge in [-0.2, -0.15) is 0 Å². The maximum Gasteiger partial charge on any atom is 0.319 e. The monoisotopic (exact) mass is 298 g/mol. The third kappa shape index (κ3) is 6.78. The van der Waals surface area contributed by atoms with E-state index in [0.29, 0.717) is 29.8 Å². The number of benzene rings is 1. The van der Waals surface area contributed by atoms with Gasteiger partial charge in [-0.15, -0.1) is 0 Å². The van der Waals surface area contributed by atoms with Crippen LogP contribution in [0.2, 0.25) is 5.02 Å². The highest BCUT2D eigenvalue weighted by molar-refractivity contribution is 6.31. The van der Waals surface area contributed by atoms with E-state index in [0.717, 1.165) is 18.6 Å². The molecule has 0 spiro atoms. The summed E-state index contributed by atoms with van der Waals surface area (Å²) in [7, 11) is 0. The Morgan fingerprint density at radius 1 is 1.40 bits per heavy atom. The van der Waals surface area contributed by atoms with Gasteiger partial charge in [-0.05, 0) is 37.0 Å². The van der Waals surface area contributed by atoms with Gasteiger partial charge in [-0.3, -0.25) is 0 Å². The molecule has 0 aliphatic rings. The minimum atomic E-state index is -0.228. The van der Waals surface area contributed by atoms with Crippen molar-refractivity contribution in [1.82, 2.24) is 5.32 Å². The van der Waals surface area contributed by atoms with Crippen molar-refractivity contribution in [3.63, 3.8) is 0 Å². The average Bonchev–Trinajstić information content (AvgIpc) is 2.38. The first-order chi connectivity index (χ1) is 9.49. The molecule has 112 valence electrons. The van der Waals surface area contributed by atoms with Crippen LogP contribution >= 0.6 is 11.6 Å². The highest BCUT2D eigenvalue weighted by atomic mass is 35.5. The Kier molecular flexibility index (Phi) is 7.41. The summed E-state index contributed by atoms with van der Waals surface area (Å²) in [5, 5.41) is 6.17. The topological polar surface area (TPSA) is 50.4 Å². The Labute approximate surface area is 125 Å². The number of nitrogens with one attached hydrogen (secondary N) is 2. The Balaban J connectivity index is 2.18. The number of carbonyl (C=O) groups excluding carboxylic acids is 1. The van der Waals surface area contributed by atoms with Crippen molar-refractivity contribution in [3.8, 4) is 0 Å². The molecule has 2 N–H and O–H groups in total. The second-order valence-electron chi connectivity index (χ2n) is 5.17. The van der Waals surface area contributed by atoms with E-state index in [4.69, 9.17) is 16.3 Å². The molecule has 4 nitrogen and oxygen atoms in total. The van der Waals surface area contributed by atoms with Crippen LogP contribution in [-0.2, 0) is 4.74 Å². The lowest BCUT2D eigenvalue weighted by Gasteiger charge is -2.09. The number of aryl methyl sites for hydroxylation is 1. The lowest BCUT2D eigenvalue weighted by atomic mass is 10.2. The number of urea groups is 1. The fourth-order valence-electron chi connectivity index (χ4n) is 1.54. The summed E-state index contributed by atoms with van der Waals surface area (Å²) in [5.41, 5.74) is 1.68. The number of halogens is 1. The molecule has 1 rings (SSSR count). The first kappa shape index (κ1) is 16.8. The molecule has 1 aromatic rings. The predicted octanol–water partition coefficient (Wildman–Crippen LogP) is 3.83. The van der Waals surface area contributed by atoms with Crippen LogP contribution in [0.15, 0.2) is 18.2 Å². The van der Waals surface area contributed by atoms with Crippen LogP contribution in [0.1, 0.15) is 25.8 Å². The molecular formula is C15H23ClN2O2. The number of hydrogen-bond donors (Lipinski definition) is 2. The van der Waals surface area contributed by atoms with Crippen molar-refractivity contribution in [3.05, 3.63) is 28.8 Å². The van der Waals surface area contributed by atoms with Crippen molar-refractivity contribution in [2.24, 2.45) is 5.92 Å².